The molecule has 1 aromatic heterocycles. The van der Waals surface area contributed by atoms with Crippen LogP contribution >= 0.6 is 27.5 Å². The maximum Gasteiger partial charge on any atom is 0.275 e. The monoisotopic (exact) mass is 424 g/mol. The molecule has 0 atom stereocenters. The molecule has 1 aromatic carbocycles. The largest absolute Gasteiger partial charge is 0.335 e. The molecule has 1 fully saturated rings. The second kappa shape index (κ2) is 7.68. The molecule has 8 heteroatoms. The lowest BCUT2D eigenvalue weighted by atomic mass is 10.1. The van der Waals surface area contributed by atoms with Crippen LogP contribution in [0.5, 0.6) is 0 Å². The molecule has 1 saturated heterocycles. The number of nitrogens with one attached hydrogen (secondary N) is 1. The molecule has 0 aliphatic carbocycles. The van der Waals surface area contributed by atoms with Crippen molar-refractivity contribution in [3.8, 4) is 0 Å². The fraction of sp³-hybridized carbons (Fsp3) is 0.353. The van der Waals surface area contributed by atoms with Gasteiger partial charge in [-0.25, -0.2) is 0 Å². The fourth-order valence-electron chi connectivity index (χ4n) is 2.75. The van der Waals surface area contributed by atoms with Gasteiger partial charge in [0, 0.05) is 42.5 Å². The van der Waals surface area contributed by atoms with E-state index in [1.165, 1.54) is 0 Å². The summed E-state index contributed by atoms with van der Waals surface area (Å²) in [6.07, 6.45) is 0. The summed E-state index contributed by atoms with van der Waals surface area (Å²) in [6, 6.07) is 6.91. The quantitative estimate of drug-likeness (QED) is 0.765. The first kappa shape index (κ1) is 18.1. The lowest BCUT2D eigenvalue weighted by Crippen LogP contribution is -2.50. The van der Waals surface area contributed by atoms with E-state index >= 15 is 0 Å². The zero-order chi connectivity index (χ0) is 18.0. The van der Waals surface area contributed by atoms with Crippen molar-refractivity contribution in [3.63, 3.8) is 0 Å². The molecule has 25 heavy (non-hydrogen) atoms. The zero-order valence-corrected chi connectivity index (χ0v) is 16.1. The van der Waals surface area contributed by atoms with Crippen molar-refractivity contribution in [2.24, 2.45) is 0 Å². The molecule has 2 aromatic rings. The Labute approximate surface area is 159 Å². The number of rotatable bonds is 4. The van der Waals surface area contributed by atoms with Gasteiger partial charge in [-0.2, -0.15) is 5.10 Å². The minimum Gasteiger partial charge on any atom is -0.335 e. The van der Waals surface area contributed by atoms with Crippen LogP contribution in [-0.4, -0.2) is 64.4 Å². The van der Waals surface area contributed by atoms with Gasteiger partial charge in [-0.3, -0.25) is 19.6 Å². The average molecular weight is 426 g/mol. The van der Waals surface area contributed by atoms with E-state index in [0.29, 0.717) is 53.5 Å². The number of aryl methyl sites for hydroxylation is 1. The predicted octanol–water partition coefficient (Wildman–Crippen LogP) is 2.77. The van der Waals surface area contributed by atoms with Crippen LogP contribution in [0.15, 0.2) is 28.7 Å². The minimum absolute atomic E-state index is 0.0575. The number of hydrogen-bond acceptors (Lipinski definition) is 4. The number of aromatic nitrogens is 2. The van der Waals surface area contributed by atoms with Crippen molar-refractivity contribution in [1.82, 2.24) is 20.0 Å². The molecule has 0 radical (unpaired) electrons. The predicted molar refractivity (Wildman–Crippen MR) is 99.2 cm³/mol. The van der Waals surface area contributed by atoms with Gasteiger partial charge in [0.15, 0.2) is 11.5 Å². The lowest BCUT2D eigenvalue weighted by Gasteiger charge is -2.34. The van der Waals surface area contributed by atoms with Crippen LogP contribution in [0.4, 0.5) is 0 Å². The molecule has 6 nitrogen and oxygen atoms in total. The molecule has 1 aliphatic heterocycles. The molecular weight excluding hydrogens is 408 g/mol. The number of ketones is 1. The van der Waals surface area contributed by atoms with E-state index < -0.39 is 0 Å². The van der Waals surface area contributed by atoms with Gasteiger partial charge in [0.25, 0.3) is 5.91 Å². The van der Waals surface area contributed by atoms with Crippen LogP contribution in [0.2, 0.25) is 5.02 Å². The fourth-order valence-corrected chi connectivity index (χ4v) is 3.22. The second-order valence-corrected chi connectivity index (χ2v) is 7.24. The van der Waals surface area contributed by atoms with Gasteiger partial charge < -0.3 is 4.90 Å². The van der Waals surface area contributed by atoms with Crippen LogP contribution in [0.3, 0.4) is 0 Å². The van der Waals surface area contributed by atoms with Crippen LogP contribution in [0.1, 0.15) is 26.5 Å². The number of hydrogen-bond donors (Lipinski definition) is 1. The number of aromatic amines is 1. The van der Waals surface area contributed by atoms with E-state index in [4.69, 9.17) is 11.6 Å². The van der Waals surface area contributed by atoms with Crippen molar-refractivity contribution < 1.29 is 9.59 Å². The number of piperazine rings is 1. The summed E-state index contributed by atoms with van der Waals surface area (Å²) in [6.45, 7) is 4.66. The van der Waals surface area contributed by atoms with Gasteiger partial charge in [-0.1, -0.05) is 11.6 Å². The number of amides is 1. The number of carbonyl (C=O) groups is 2. The van der Waals surface area contributed by atoms with E-state index in [1.54, 1.807) is 29.2 Å². The Balaban J connectivity index is 1.55. The Hall–Kier alpha value is -1.70. The van der Waals surface area contributed by atoms with E-state index in [-0.39, 0.29) is 11.7 Å². The Morgan fingerprint density at radius 1 is 1.20 bits per heavy atom. The van der Waals surface area contributed by atoms with Gasteiger partial charge in [-0.15, -0.1) is 0 Å². The van der Waals surface area contributed by atoms with Gasteiger partial charge in [0.1, 0.15) is 0 Å². The second-order valence-electron chi connectivity index (χ2n) is 6.01. The van der Waals surface area contributed by atoms with Crippen molar-refractivity contribution in [2.75, 3.05) is 32.7 Å². The number of H-pyrrole nitrogens is 1. The summed E-state index contributed by atoms with van der Waals surface area (Å²) in [4.78, 5) is 28.7. The highest BCUT2D eigenvalue weighted by molar-refractivity contribution is 9.10. The van der Waals surface area contributed by atoms with Crippen LogP contribution < -0.4 is 0 Å². The van der Waals surface area contributed by atoms with Crippen LogP contribution in [0.25, 0.3) is 0 Å². The molecule has 0 unspecified atom stereocenters. The van der Waals surface area contributed by atoms with Crippen LogP contribution in [-0.2, 0) is 0 Å². The van der Waals surface area contributed by atoms with Crippen molar-refractivity contribution in [3.05, 3.63) is 50.7 Å². The molecule has 0 saturated carbocycles. The van der Waals surface area contributed by atoms with E-state index in [2.05, 4.69) is 31.0 Å². The zero-order valence-electron chi connectivity index (χ0n) is 13.8. The number of nitrogens with zero attached hydrogens (tertiary/aromatic N) is 3. The third-order valence-electron chi connectivity index (χ3n) is 4.27. The van der Waals surface area contributed by atoms with E-state index in [0.717, 1.165) is 5.69 Å². The molecule has 0 bridgehead atoms. The highest BCUT2D eigenvalue weighted by atomic mass is 79.9. The average Bonchev–Trinajstić information content (AvgIpc) is 2.94. The SMILES string of the molecule is Cc1[nH]nc(C(=O)N2CCN(CC(=O)c3ccc(Cl)cc3)CC2)c1Br. The molecule has 1 amide bonds. The van der Waals surface area contributed by atoms with Crippen molar-refractivity contribution >= 4 is 39.2 Å². The molecular formula is C17H18BrClN4O2. The Morgan fingerprint density at radius 3 is 2.40 bits per heavy atom. The summed E-state index contributed by atoms with van der Waals surface area (Å²) >= 11 is 9.23. The summed E-state index contributed by atoms with van der Waals surface area (Å²) in [7, 11) is 0. The van der Waals surface area contributed by atoms with E-state index in [9.17, 15) is 9.59 Å². The van der Waals surface area contributed by atoms with Crippen LogP contribution in [0, 0.1) is 6.92 Å². The number of Topliss-reactive ketones (excluding diaryl/α,β-unsaturated/α-hetero) is 1. The van der Waals surface area contributed by atoms with Crippen molar-refractivity contribution in [2.45, 2.75) is 6.92 Å². The first-order chi connectivity index (χ1) is 12.0. The third kappa shape index (κ3) is 4.11. The number of halogens is 2. The summed E-state index contributed by atoms with van der Waals surface area (Å²) < 4.78 is 0.706. The maximum absolute atomic E-state index is 12.5. The van der Waals surface area contributed by atoms with Crippen molar-refractivity contribution in [1.29, 1.82) is 0 Å². The highest BCUT2D eigenvalue weighted by Gasteiger charge is 2.26. The van der Waals surface area contributed by atoms with Gasteiger partial charge in [0.05, 0.1) is 11.0 Å². The maximum atomic E-state index is 12.5. The smallest absolute Gasteiger partial charge is 0.275 e. The molecule has 132 valence electrons. The lowest BCUT2D eigenvalue weighted by molar-refractivity contribution is 0.0618. The standard InChI is InChI=1S/C17H18BrClN4O2/c1-11-15(18)16(21-20-11)17(25)23-8-6-22(7-9-23)10-14(24)12-2-4-13(19)5-3-12/h2-5H,6-10H2,1H3,(H,20,21). The third-order valence-corrected chi connectivity index (χ3v) is 5.49. The number of carbonyl (C=O) groups excluding carboxylic acids is 2. The van der Waals surface area contributed by atoms with Gasteiger partial charge in [0.2, 0.25) is 0 Å². The molecule has 0 spiro atoms. The minimum atomic E-state index is -0.0973. The molecule has 3 rings (SSSR count). The van der Waals surface area contributed by atoms with Gasteiger partial charge >= 0.3 is 0 Å². The molecule has 1 aliphatic rings. The Morgan fingerprint density at radius 2 is 1.84 bits per heavy atom. The normalized spacial score (nSPS) is 15.4. The number of benzene rings is 1. The Kier molecular flexibility index (Phi) is 5.56. The van der Waals surface area contributed by atoms with E-state index in [1.807, 2.05) is 6.92 Å². The summed E-state index contributed by atoms with van der Waals surface area (Å²) in [5.41, 5.74) is 1.89. The topological polar surface area (TPSA) is 69.3 Å². The first-order valence-corrected chi connectivity index (χ1v) is 9.13. The summed E-state index contributed by atoms with van der Waals surface area (Å²) in [5.74, 6) is -0.0398. The first-order valence-electron chi connectivity index (χ1n) is 7.96. The summed E-state index contributed by atoms with van der Waals surface area (Å²) in [5, 5.41) is 7.48. The molecule has 1 N–H and O–H groups in total. The molecule has 2 heterocycles. The Bertz CT molecular complexity index is 782. The van der Waals surface area contributed by atoms with Gasteiger partial charge in [-0.05, 0) is 47.1 Å². The highest BCUT2D eigenvalue weighted by Crippen LogP contribution is 2.20.